The molecule has 102 valence electrons. The predicted octanol–water partition coefficient (Wildman–Crippen LogP) is 3.62. The Morgan fingerprint density at radius 1 is 1.47 bits per heavy atom. The van der Waals surface area contributed by atoms with Crippen molar-refractivity contribution in [3.05, 3.63) is 22.4 Å². The minimum Gasteiger partial charge on any atom is -0.408 e. The maximum atomic E-state index is 5.57. The zero-order valence-corrected chi connectivity index (χ0v) is 12.5. The summed E-state index contributed by atoms with van der Waals surface area (Å²) in [6.45, 7) is 5.28. The van der Waals surface area contributed by atoms with Gasteiger partial charge in [-0.2, -0.15) is 0 Å². The summed E-state index contributed by atoms with van der Waals surface area (Å²) in [5.41, 5.74) is 0. The molecule has 0 aromatic carbocycles. The Kier molecular flexibility index (Phi) is 3.81. The van der Waals surface area contributed by atoms with E-state index in [9.17, 15) is 0 Å². The van der Waals surface area contributed by atoms with Crippen molar-refractivity contribution in [1.82, 2.24) is 14.7 Å². The molecule has 3 heterocycles. The third-order valence-corrected chi connectivity index (χ3v) is 4.70. The molecule has 4 nitrogen and oxygen atoms in total. The van der Waals surface area contributed by atoms with Crippen molar-refractivity contribution in [2.75, 3.05) is 13.1 Å². The minimum atomic E-state index is 0.460. The maximum absolute atomic E-state index is 5.57. The van der Waals surface area contributed by atoms with Gasteiger partial charge < -0.3 is 4.42 Å². The average molecular weight is 295 g/mol. The first-order valence-electron chi connectivity index (χ1n) is 6.56. The number of nitrogens with zero attached hydrogens (tertiary/aromatic N) is 3. The first kappa shape index (κ1) is 13.0. The Hall–Kier alpha value is -0.980. The summed E-state index contributed by atoms with van der Waals surface area (Å²) in [5, 5.41) is 6.49. The molecule has 0 bridgehead atoms. The van der Waals surface area contributed by atoms with Gasteiger partial charge in [0, 0.05) is 13.1 Å². The normalized spacial score (nSPS) is 17.9. The largest absolute Gasteiger partial charge is 0.408 e. The summed E-state index contributed by atoms with van der Waals surface area (Å²) >= 11 is 6.87. The summed E-state index contributed by atoms with van der Waals surface area (Å²) < 4.78 is 7.36. The number of likely N-dealkylation sites (tertiary alicyclic amines) is 1. The molecule has 1 aliphatic heterocycles. The van der Waals surface area contributed by atoms with Crippen molar-refractivity contribution in [3.63, 3.8) is 0 Å². The smallest absolute Gasteiger partial charge is 0.288 e. The van der Waals surface area contributed by atoms with Crippen LogP contribution in [0.1, 0.15) is 19.8 Å². The van der Waals surface area contributed by atoms with E-state index in [1.807, 2.05) is 17.5 Å². The number of aromatic nitrogens is 2. The van der Waals surface area contributed by atoms with Gasteiger partial charge in [0.25, 0.3) is 10.7 Å². The number of hydrogen-bond donors (Lipinski definition) is 0. The molecule has 0 aliphatic carbocycles. The second kappa shape index (κ2) is 5.56. The molecule has 1 aliphatic rings. The molecule has 0 saturated carbocycles. The molecule has 19 heavy (non-hydrogen) atoms. The van der Waals surface area contributed by atoms with E-state index in [1.54, 1.807) is 16.0 Å². The van der Waals surface area contributed by atoms with Gasteiger partial charge in [0.2, 0.25) is 0 Å². The lowest BCUT2D eigenvalue weighted by Crippen LogP contribution is -2.34. The van der Waals surface area contributed by atoms with Crippen molar-refractivity contribution >= 4 is 23.6 Å². The molecule has 1 fully saturated rings. The van der Waals surface area contributed by atoms with E-state index in [0.29, 0.717) is 10.7 Å². The third kappa shape index (κ3) is 2.96. The van der Waals surface area contributed by atoms with Crippen molar-refractivity contribution in [2.24, 2.45) is 5.92 Å². The zero-order chi connectivity index (χ0) is 13.2. The Morgan fingerprint density at radius 2 is 2.26 bits per heavy atom. The molecule has 1 saturated heterocycles. The monoisotopic (exact) mass is 295 g/mol. The van der Waals surface area contributed by atoms with Crippen LogP contribution in [0.25, 0.3) is 10.8 Å². The lowest BCUT2D eigenvalue weighted by atomic mass is 10.00. The Labute approximate surface area is 121 Å². The number of rotatable bonds is 3. The summed E-state index contributed by atoms with van der Waals surface area (Å²) in [7, 11) is 0. The average Bonchev–Trinajstić information content (AvgIpc) is 3.03. The highest BCUT2D eigenvalue weighted by Crippen LogP contribution is 2.23. The van der Waals surface area contributed by atoms with Gasteiger partial charge in [0.05, 0.1) is 11.5 Å². The predicted molar refractivity (Wildman–Crippen MR) is 78.6 cm³/mol. The van der Waals surface area contributed by atoms with Gasteiger partial charge in [-0.3, -0.25) is 4.90 Å². The molecule has 0 spiro atoms. The fourth-order valence-electron chi connectivity index (χ4n) is 2.29. The van der Waals surface area contributed by atoms with Crippen LogP contribution in [0.3, 0.4) is 0 Å². The highest BCUT2D eigenvalue weighted by molar-refractivity contribution is 7.71. The van der Waals surface area contributed by atoms with Crippen molar-refractivity contribution < 1.29 is 4.42 Å². The molecule has 2 aromatic rings. The quantitative estimate of drug-likeness (QED) is 0.810. The molecule has 0 N–H and O–H groups in total. The second-order valence-corrected chi connectivity index (χ2v) is 6.39. The molecular formula is C13H17N3OS2. The van der Waals surface area contributed by atoms with Crippen LogP contribution in [0.4, 0.5) is 0 Å². The van der Waals surface area contributed by atoms with Crippen LogP contribution < -0.4 is 0 Å². The number of thiophene rings is 1. The van der Waals surface area contributed by atoms with Crippen LogP contribution in [0.5, 0.6) is 0 Å². The van der Waals surface area contributed by atoms with Crippen molar-refractivity contribution in [1.29, 1.82) is 0 Å². The summed E-state index contributed by atoms with van der Waals surface area (Å²) in [6.07, 6.45) is 2.51. The molecule has 0 amide bonds. The first-order valence-corrected chi connectivity index (χ1v) is 7.85. The van der Waals surface area contributed by atoms with Gasteiger partial charge in [0.15, 0.2) is 0 Å². The summed E-state index contributed by atoms with van der Waals surface area (Å²) in [5.74, 6) is 1.47. The number of hydrogen-bond acceptors (Lipinski definition) is 5. The standard InChI is InChI=1S/C13H17N3OS2/c1-10-4-6-15(7-5-10)9-16-13(18)17-12(14-16)11-3-2-8-19-11/h2-3,8,10H,4-7,9H2,1H3. The van der Waals surface area contributed by atoms with E-state index in [-0.39, 0.29) is 0 Å². The Morgan fingerprint density at radius 3 is 2.95 bits per heavy atom. The van der Waals surface area contributed by atoms with Gasteiger partial charge in [-0.25, -0.2) is 4.68 Å². The second-order valence-electron chi connectivity index (χ2n) is 5.09. The van der Waals surface area contributed by atoms with Crippen LogP contribution >= 0.6 is 23.6 Å². The van der Waals surface area contributed by atoms with E-state index in [2.05, 4.69) is 16.9 Å². The molecule has 3 rings (SSSR count). The fraction of sp³-hybridized carbons (Fsp3) is 0.538. The Balaban J connectivity index is 1.73. The first-order chi connectivity index (χ1) is 9.22. The summed E-state index contributed by atoms with van der Waals surface area (Å²) in [4.78, 5) is 3.87. The van der Waals surface area contributed by atoms with Crippen LogP contribution in [0.15, 0.2) is 21.9 Å². The molecule has 0 unspecified atom stereocenters. The number of piperidine rings is 1. The van der Waals surface area contributed by atoms with Gasteiger partial charge in [-0.15, -0.1) is 16.4 Å². The van der Waals surface area contributed by atoms with Crippen molar-refractivity contribution in [3.8, 4) is 10.8 Å². The molecule has 0 atom stereocenters. The van der Waals surface area contributed by atoms with Gasteiger partial charge in [0.1, 0.15) is 0 Å². The zero-order valence-electron chi connectivity index (χ0n) is 10.9. The van der Waals surface area contributed by atoms with E-state index < -0.39 is 0 Å². The van der Waals surface area contributed by atoms with E-state index in [1.165, 1.54) is 12.8 Å². The van der Waals surface area contributed by atoms with Gasteiger partial charge in [-0.1, -0.05) is 13.0 Å². The fourth-order valence-corrected chi connectivity index (χ4v) is 3.11. The lowest BCUT2D eigenvalue weighted by molar-refractivity contribution is 0.144. The van der Waals surface area contributed by atoms with Crippen LogP contribution in [0, 0.1) is 10.8 Å². The molecule has 0 radical (unpaired) electrons. The lowest BCUT2D eigenvalue weighted by Gasteiger charge is -2.29. The Bertz CT molecular complexity index is 579. The maximum Gasteiger partial charge on any atom is 0.288 e. The topological polar surface area (TPSA) is 34.2 Å². The van der Waals surface area contributed by atoms with Gasteiger partial charge in [-0.05, 0) is 42.4 Å². The minimum absolute atomic E-state index is 0.460. The highest BCUT2D eigenvalue weighted by atomic mass is 32.1. The molecular weight excluding hydrogens is 278 g/mol. The van der Waals surface area contributed by atoms with E-state index >= 15 is 0 Å². The SMILES string of the molecule is CC1CCN(Cn2nc(-c3cccs3)oc2=S)CC1. The van der Waals surface area contributed by atoms with Crippen LogP contribution in [-0.2, 0) is 6.67 Å². The molecule has 6 heteroatoms. The van der Waals surface area contributed by atoms with Crippen LogP contribution in [0.2, 0.25) is 0 Å². The summed E-state index contributed by atoms with van der Waals surface area (Å²) in [6, 6.07) is 3.99. The van der Waals surface area contributed by atoms with E-state index in [4.69, 9.17) is 16.6 Å². The van der Waals surface area contributed by atoms with Gasteiger partial charge >= 0.3 is 0 Å². The van der Waals surface area contributed by atoms with Crippen molar-refractivity contribution in [2.45, 2.75) is 26.4 Å². The molecule has 2 aromatic heterocycles. The van der Waals surface area contributed by atoms with E-state index in [0.717, 1.165) is 30.6 Å². The third-order valence-electron chi connectivity index (χ3n) is 3.55. The van der Waals surface area contributed by atoms with Crippen LogP contribution in [-0.4, -0.2) is 27.8 Å². The highest BCUT2D eigenvalue weighted by Gasteiger charge is 2.17.